The maximum Gasteiger partial charge on any atom is 0.224 e. The predicted molar refractivity (Wildman–Crippen MR) is 86.6 cm³/mol. The number of aryl methyl sites for hydroxylation is 2. The molecule has 1 aromatic heterocycles. The molecule has 122 valence electrons. The molecular formula is C18H22N2O3. The Morgan fingerprint density at radius 1 is 1.39 bits per heavy atom. The van der Waals surface area contributed by atoms with Crippen LogP contribution < -0.4 is 10.1 Å². The van der Waals surface area contributed by atoms with Crippen molar-refractivity contribution in [1.29, 1.82) is 0 Å². The number of rotatable bonds is 5. The van der Waals surface area contributed by atoms with Crippen LogP contribution in [0.2, 0.25) is 0 Å². The van der Waals surface area contributed by atoms with Gasteiger partial charge in [0.2, 0.25) is 5.91 Å². The van der Waals surface area contributed by atoms with E-state index in [2.05, 4.69) is 22.6 Å². The molecule has 5 nitrogen and oxygen atoms in total. The van der Waals surface area contributed by atoms with Gasteiger partial charge in [-0.3, -0.25) is 4.79 Å². The number of nitrogens with zero attached hydrogens (tertiary/aromatic N) is 1. The van der Waals surface area contributed by atoms with E-state index in [4.69, 9.17) is 9.26 Å². The van der Waals surface area contributed by atoms with E-state index in [0.717, 1.165) is 36.5 Å². The van der Waals surface area contributed by atoms with Crippen molar-refractivity contribution in [3.05, 3.63) is 46.3 Å². The van der Waals surface area contributed by atoms with E-state index in [1.807, 2.05) is 26.8 Å². The molecule has 5 heteroatoms. The number of hydrogen-bond donors (Lipinski definition) is 1. The van der Waals surface area contributed by atoms with Crippen molar-refractivity contribution in [1.82, 2.24) is 10.5 Å². The molecule has 0 fully saturated rings. The van der Waals surface area contributed by atoms with Gasteiger partial charge in [-0.25, -0.2) is 0 Å². The number of nitrogens with one attached hydrogen (secondary N) is 1. The van der Waals surface area contributed by atoms with E-state index < -0.39 is 0 Å². The zero-order valence-corrected chi connectivity index (χ0v) is 13.8. The highest BCUT2D eigenvalue weighted by Gasteiger charge is 2.16. The molecule has 1 unspecified atom stereocenters. The Kier molecular flexibility index (Phi) is 4.37. The molecule has 23 heavy (non-hydrogen) atoms. The number of aromatic nitrogens is 1. The highest BCUT2D eigenvalue weighted by Crippen LogP contribution is 2.26. The second kappa shape index (κ2) is 6.44. The summed E-state index contributed by atoms with van der Waals surface area (Å²) in [5, 5.41) is 6.93. The zero-order chi connectivity index (χ0) is 16.4. The minimum atomic E-state index is -0.00334. The van der Waals surface area contributed by atoms with Crippen molar-refractivity contribution in [2.24, 2.45) is 0 Å². The fourth-order valence-corrected chi connectivity index (χ4v) is 3.01. The van der Waals surface area contributed by atoms with Crippen molar-refractivity contribution in [2.75, 3.05) is 6.61 Å². The number of carbonyl (C=O) groups excluding carboxylic acids is 1. The first kappa shape index (κ1) is 15.6. The first-order valence-electron chi connectivity index (χ1n) is 7.98. The standard InChI is InChI=1S/C18H22N2O3/c1-11(8-14-4-5-17-15(9-14)6-7-22-17)19-18(21)10-16-12(2)20-23-13(16)3/h4-5,9,11H,6-8,10H2,1-3H3,(H,19,21). The van der Waals surface area contributed by atoms with Gasteiger partial charge < -0.3 is 14.6 Å². The zero-order valence-electron chi connectivity index (χ0n) is 13.8. The molecule has 1 aliphatic heterocycles. The Morgan fingerprint density at radius 3 is 2.96 bits per heavy atom. The second-order valence-corrected chi connectivity index (χ2v) is 6.19. The topological polar surface area (TPSA) is 64.4 Å². The quantitative estimate of drug-likeness (QED) is 0.921. The number of benzene rings is 1. The molecule has 1 aliphatic rings. The van der Waals surface area contributed by atoms with E-state index in [1.54, 1.807) is 0 Å². The van der Waals surface area contributed by atoms with Crippen LogP contribution in [0.25, 0.3) is 0 Å². The molecule has 0 saturated heterocycles. The average molecular weight is 314 g/mol. The molecule has 3 rings (SSSR count). The maximum absolute atomic E-state index is 12.2. The van der Waals surface area contributed by atoms with Crippen LogP contribution in [0.5, 0.6) is 5.75 Å². The van der Waals surface area contributed by atoms with E-state index in [9.17, 15) is 4.79 Å². The molecular weight excluding hydrogens is 292 g/mol. The van der Waals surface area contributed by atoms with Crippen LogP contribution in [0.3, 0.4) is 0 Å². The number of ether oxygens (including phenoxy) is 1. The Morgan fingerprint density at radius 2 is 2.22 bits per heavy atom. The lowest BCUT2D eigenvalue weighted by atomic mass is 10.0. The SMILES string of the molecule is Cc1noc(C)c1CC(=O)NC(C)Cc1ccc2c(c1)CCO2. The van der Waals surface area contributed by atoms with E-state index >= 15 is 0 Å². The summed E-state index contributed by atoms with van der Waals surface area (Å²) in [5.74, 6) is 1.70. The van der Waals surface area contributed by atoms with Crippen molar-refractivity contribution in [3.63, 3.8) is 0 Å². The number of amides is 1. The Bertz CT molecular complexity index is 702. The van der Waals surface area contributed by atoms with Gasteiger partial charge in [0.1, 0.15) is 11.5 Å². The predicted octanol–water partition coefficient (Wildman–Crippen LogP) is 2.52. The number of fused-ring (bicyclic) bond motifs is 1. The molecule has 2 heterocycles. The smallest absolute Gasteiger partial charge is 0.224 e. The van der Waals surface area contributed by atoms with Crippen LogP contribution in [-0.4, -0.2) is 23.7 Å². The van der Waals surface area contributed by atoms with Gasteiger partial charge in [-0.15, -0.1) is 0 Å². The van der Waals surface area contributed by atoms with Crippen LogP contribution in [0.1, 0.15) is 35.1 Å². The van der Waals surface area contributed by atoms with Gasteiger partial charge in [0.15, 0.2) is 0 Å². The fraction of sp³-hybridized carbons (Fsp3) is 0.444. The van der Waals surface area contributed by atoms with Crippen LogP contribution in [0.15, 0.2) is 22.7 Å². The van der Waals surface area contributed by atoms with Crippen LogP contribution >= 0.6 is 0 Å². The minimum Gasteiger partial charge on any atom is -0.493 e. The maximum atomic E-state index is 12.2. The summed E-state index contributed by atoms with van der Waals surface area (Å²) in [4.78, 5) is 12.2. The highest BCUT2D eigenvalue weighted by atomic mass is 16.5. The summed E-state index contributed by atoms with van der Waals surface area (Å²) >= 11 is 0. The first-order chi connectivity index (χ1) is 11.0. The van der Waals surface area contributed by atoms with Crippen molar-refractivity contribution in [2.45, 2.75) is 46.1 Å². The molecule has 0 aliphatic carbocycles. The van der Waals surface area contributed by atoms with Gasteiger partial charge in [0, 0.05) is 18.0 Å². The molecule has 0 bridgehead atoms. The Hall–Kier alpha value is -2.30. The second-order valence-electron chi connectivity index (χ2n) is 6.19. The third-order valence-electron chi connectivity index (χ3n) is 4.22. The van der Waals surface area contributed by atoms with E-state index in [0.29, 0.717) is 12.2 Å². The van der Waals surface area contributed by atoms with Gasteiger partial charge in [0.25, 0.3) is 0 Å². The summed E-state index contributed by atoms with van der Waals surface area (Å²) in [6, 6.07) is 6.35. The van der Waals surface area contributed by atoms with Crippen molar-refractivity contribution < 1.29 is 14.1 Å². The molecule has 1 aromatic carbocycles. The fourth-order valence-electron chi connectivity index (χ4n) is 3.01. The lowest BCUT2D eigenvalue weighted by molar-refractivity contribution is -0.121. The summed E-state index contributed by atoms with van der Waals surface area (Å²) in [6.07, 6.45) is 2.08. The summed E-state index contributed by atoms with van der Waals surface area (Å²) < 4.78 is 10.6. The lowest BCUT2D eigenvalue weighted by Crippen LogP contribution is -2.35. The summed E-state index contributed by atoms with van der Waals surface area (Å²) in [6.45, 7) is 6.48. The molecule has 2 aromatic rings. The first-order valence-corrected chi connectivity index (χ1v) is 7.98. The van der Waals surface area contributed by atoms with Gasteiger partial charge in [-0.2, -0.15) is 0 Å². The van der Waals surface area contributed by atoms with E-state index in [1.165, 1.54) is 11.1 Å². The highest BCUT2D eigenvalue weighted by molar-refractivity contribution is 5.79. The summed E-state index contributed by atoms with van der Waals surface area (Å²) in [7, 11) is 0. The Balaban J connectivity index is 1.56. The van der Waals surface area contributed by atoms with Crippen LogP contribution in [0, 0.1) is 13.8 Å². The van der Waals surface area contributed by atoms with Gasteiger partial charge in [-0.1, -0.05) is 17.3 Å². The average Bonchev–Trinajstić information content (AvgIpc) is 3.08. The number of hydrogen-bond acceptors (Lipinski definition) is 4. The monoisotopic (exact) mass is 314 g/mol. The van der Waals surface area contributed by atoms with Gasteiger partial charge in [0.05, 0.1) is 18.7 Å². The van der Waals surface area contributed by atoms with Gasteiger partial charge >= 0.3 is 0 Å². The summed E-state index contributed by atoms with van der Waals surface area (Å²) in [5.41, 5.74) is 4.14. The molecule has 0 radical (unpaired) electrons. The molecule has 0 saturated carbocycles. The largest absolute Gasteiger partial charge is 0.493 e. The Labute approximate surface area is 136 Å². The van der Waals surface area contributed by atoms with Crippen molar-refractivity contribution >= 4 is 5.91 Å². The van der Waals surface area contributed by atoms with Gasteiger partial charge in [-0.05, 0) is 44.4 Å². The van der Waals surface area contributed by atoms with Crippen molar-refractivity contribution in [3.8, 4) is 5.75 Å². The third kappa shape index (κ3) is 3.55. The molecule has 1 atom stereocenters. The third-order valence-corrected chi connectivity index (χ3v) is 4.22. The molecule has 0 spiro atoms. The minimum absolute atomic E-state index is 0.00334. The van der Waals surface area contributed by atoms with Crippen LogP contribution in [-0.2, 0) is 24.1 Å². The molecule has 1 N–H and O–H groups in total. The van der Waals surface area contributed by atoms with E-state index in [-0.39, 0.29) is 11.9 Å². The van der Waals surface area contributed by atoms with Crippen LogP contribution in [0.4, 0.5) is 0 Å². The normalized spacial score (nSPS) is 14.2. The lowest BCUT2D eigenvalue weighted by Gasteiger charge is -2.14. The number of carbonyl (C=O) groups is 1. The molecule has 1 amide bonds.